The molecule has 0 aliphatic carbocycles. The highest BCUT2D eigenvalue weighted by atomic mass is 16.5. The van der Waals surface area contributed by atoms with Gasteiger partial charge in [0.15, 0.2) is 17.5 Å². The highest BCUT2D eigenvalue weighted by Gasteiger charge is 2.14. The van der Waals surface area contributed by atoms with Crippen LogP contribution in [0.3, 0.4) is 0 Å². The quantitative estimate of drug-likeness (QED) is 0.511. The standard InChI is InChI=1S/C23H32N4O3/c1-4-24-23(26-19-10-11-21(30-5-2)22(16-19)28-3)25-17-18-8-6-7-9-20(18)27-12-14-29-15-13-27/h6-11,16H,4-5,12-15,17H2,1-3H3,(H2,24,25,26). The van der Waals surface area contributed by atoms with E-state index in [1.807, 2.05) is 25.1 Å². The van der Waals surface area contributed by atoms with E-state index in [0.717, 1.165) is 50.2 Å². The number of morpholine rings is 1. The molecule has 1 heterocycles. The van der Waals surface area contributed by atoms with Gasteiger partial charge in [-0.25, -0.2) is 4.99 Å². The van der Waals surface area contributed by atoms with Gasteiger partial charge < -0.3 is 29.7 Å². The predicted octanol–water partition coefficient (Wildman–Crippen LogP) is 3.51. The molecule has 1 fully saturated rings. The van der Waals surface area contributed by atoms with Crippen molar-refractivity contribution in [3.63, 3.8) is 0 Å². The first kappa shape index (κ1) is 21.8. The van der Waals surface area contributed by atoms with Crippen LogP contribution in [0.1, 0.15) is 19.4 Å². The molecule has 0 amide bonds. The molecule has 3 rings (SSSR count). The van der Waals surface area contributed by atoms with Crippen LogP contribution >= 0.6 is 0 Å². The van der Waals surface area contributed by atoms with Gasteiger partial charge in [-0.05, 0) is 37.6 Å². The van der Waals surface area contributed by atoms with Gasteiger partial charge in [0.2, 0.25) is 0 Å². The van der Waals surface area contributed by atoms with Gasteiger partial charge in [-0.15, -0.1) is 0 Å². The summed E-state index contributed by atoms with van der Waals surface area (Å²) in [4.78, 5) is 7.18. The maximum atomic E-state index is 5.60. The Bertz CT molecular complexity index is 835. The van der Waals surface area contributed by atoms with Crippen LogP contribution in [0.25, 0.3) is 0 Å². The molecule has 7 nitrogen and oxygen atoms in total. The Hall–Kier alpha value is -2.93. The maximum Gasteiger partial charge on any atom is 0.196 e. The van der Waals surface area contributed by atoms with Gasteiger partial charge in [0.1, 0.15) is 0 Å². The SMILES string of the molecule is CCNC(=NCc1ccccc1N1CCOCC1)Nc1ccc(OCC)c(OC)c1. The van der Waals surface area contributed by atoms with Crippen LogP contribution in [-0.4, -0.2) is 52.5 Å². The average Bonchev–Trinajstić information content (AvgIpc) is 2.79. The molecule has 0 aromatic heterocycles. The van der Waals surface area contributed by atoms with Crippen LogP contribution in [-0.2, 0) is 11.3 Å². The lowest BCUT2D eigenvalue weighted by atomic mass is 10.1. The number of aliphatic imine (C=N–C) groups is 1. The third kappa shape index (κ3) is 5.79. The normalized spacial score (nSPS) is 14.4. The first-order valence-electron chi connectivity index (χ1n) is 10.5. The number of ether oxygens (including phenoxy) is 3. The molecular formula is C23H32N4O3. The maximum absolute atomic E-state index is 5.60. The third-order valence-corrected chi connectivity index (χ3v) is 4.82. The minimum Gasteiger partial charge on any atom is -0.493 e. The zero-order chi connectivity index (χ0) is 21.2. The fraction of sp³-hybridized carbons (Fsp3) is 0.435. The zero-order valence-corrected chi connectivity index (χ0v) is 18.1. The molecule has 7 heteroatoms. The van der Waals surface area contributed by atoms with Crippen LogP contribution in [0, 0.1) is 0 Å². The van der Waals surface area contributed by atoms with E-state index in [4.69, 9.17) is 19.2 Å². The van der Waals surface area contributed by atoms with Crippen molar-refractivity contribution < 1.29 is 14.2 Å². The molecule has 0 spiro atoms. The van der Waals surface area contributed by atoms with E-state index < -0.39 is 0 Å². The highest BCUT2D eigenvalue weighted by molar-refractivity contribution is 5.94. The van der Waals surface area contributed by atoms with Crippen molar-refractivity contribution in [2.75, 3.05) is 56.8 Å². The van der Waals surface area contributed by atoms with E-state index in [2.05, 4.69) is 46.7 Å². The fourth-order valence-electron chi connectivity index (χ4n) is 3.39. The van der Waals surface area contributed by atoms with Crippen molar-refractivity contribution in [2.24, 2.45) is 4.99 Å². The van der Waals surface area contributed by atoms with Gasteiger partial charge in [-0.1, -0.05) is 18.2 Å². The predicted molar refractivity (Wildman–Crippen MR) is 122 cm³/mol. The summed E-state index contributed by atoms with van der Waals surface area (Å²) in [6.45, 7) is 9.30. The fourth-order valence-corrected chi connectivity index (χ4v) is 3.39. The van der Waals surface area contributed by atoms with Crippen LogP contribution in [0.2, 0.25) is 0 Å². The van der Waals surface area contributed by atoms with Gasteiger partial charge in [0.05, 0.1) is 33.5 Å². The molecule has 1 saturated heterocycles. The molecule has 2 N–H and O–H groups in total. The summed E-state index contributed by atoms with van der Waals surface area (Å²) in [5.74, 6) is 2.14. The molecule has 2 aromatic rings. The van der Waals surface area contributed by atoms with Crippen molar-refractivity contribution in [1.29, 1.82) is 0 Å². The summed E-state index contributed by atoms with van der Waals surface area (Å²) in [6.07, 6.45) is 0. The molecule has 0 unspecified atom stereocenters. The Morgan fingerprint density at radius 1 is 1.10 bits per heavy atom. The Morgan fingerprint density at radius 2 is 1.90 bits per heavy atom. The highest BCUT2D eigenvalue weighted by Crippen LogP contribution is 2.30. The molecule has 0 atom stereocenters. The first-order chi connectivity index (χ1) is 14.7. The van der Waals surface area contributed by atoms with Gasteiger partial charge in [-0.3, -0.25) is 0 Å². The van der Waals surface area contributed by atoms with E-state index in [1.165, 1.54) is 11.3 Å². The molecule has 1 aliphatic rings. The zero-order valence-electron chi connectivity index (χ0n) is 18.1. The lowest BCUT2D eigenvalue weighted by Crippen LogP contribution is -2.36. The smallest absolute Gasteiger partial charge is 0.196 e. The lowest BCUT2D eigenvalue weighted by Gasteiger charge is -2.30. The second-order valence-corrected chi connectivity index (χ2v) is 6.85. The average molecular weight is 413 g/mol. The monoisotopic (exact) mass is 412 g/mol. The number of hydrogen-bond donors (Lipinski definition) is 2. The number of para-hydroxylation sites is 1. The summed E-state index contributed by atoms with van der Waals surface area (Å²) in [6, 6.07) is 14.2. The topological polar surface area (TPSA) is 67.4 Å². The molecule has 0 radical (unpaired) electrons. The molecule has 0 bridgehead atoms. The number of methoxy groups -OCH3 is 1. The van der Waals surface area contributed by atoms with E-state index >= 15 is 0 Å². The van der Waals surface area contributed by atoms with E-state index in [-0.39, 0.29) is 0 Å². The van der Waals surface area contributed by atoms with Gasteiger partial charge in [0, 0.05) is 37.1 Å². The van der Waals surface area contributed by atoms with Crippen molar-refractivity contribution in [3.8, 4) is 11.5 Å². The van der Waals surface area contributed by atoms with Gasteiger partial charge in [-0.2, -0.15) is 0 Å². The summed E-state index contributed by atoms with van der Waals surface area (Å²) < 4.78 is 16.5. The van der Waals surface area contributed by atoms with Gasteiger partial charge >= 0.3 is 0 Å². The second kappa shape index (κ2) is 11.3. The van der Waals surface area contributed by atoms with Crippen LogP contribution in [0.5, 0.6) is 11.5 Å². The van der Waals surface area contributed by atoms with Crippen molar-refractivity contribution in [3.05, 3.63) is 48.0 Å². The van der Waals surface area contributed by atoms with E-state index in [0.29, 0.717) is 18.9 Å². The molecule has 162 valence electrons. The first-order valence-corrected chi connectivity index (χ1v) is 10.5. The molecule has 0 saturated carbocycles. The van der Waals surface area contributed by atoms with Crippen LogP contribution in [0.4, 0.5) is 11.4 Å². The Kier molecular flexibility index (Phi) is 8.20. The van der Waals surface area contributed by atoms with Crippen molar-refractivity contribution in [2.45, 2.75) is 20.4 Å². The minimum atomic E-state index is 0.580. The molecule has 1 aliphatic heterocycles. The number of rotatable bonds is 8. The largest absolute Gasteiger partial charge is 0.493 e. The Balaban J connectivity index is 1.75. The summed E-state index contributed by atoms with van der Waals surface area (Å²) in [5.41, 5.74) is 3.31. The number of hydrogen-bond acceptors (Lipinski definition) is 5. The lowest BCUT2D eigenvalue weighted by molar-refractivity contribution is 0.122. The summed E-state index contributed by atoms with van der Waals surface area (Å²) in [5, 5.41) is 6.67. The van der Waals surface area contributed by atoms with Crippen molar-refractivity contribution >= 4 is 17.3 Å². The third-order valence-electron chi connectivity index (χ3n) is 4.82. The van der Waals surface area contributed by atoms with Gasteiger partial charge in [0.25, 0.3) is 0 Å². The van der Waals surface area contributed by atoms with Crippen LogP contribution < -0.4 is 25.0 Å². The Labute approximate surface area is 179 Å². The number of nitrogens with zero attached hydrogens (tertiary/aromatic N) is 2. The van der Waals surface area contributed by atoms with Crippen LogP contribution in [0.15, 0.2) is 47.5 Å². The van der Waals surface area contributed by atoms with E-state index in [1.54, 1.807) is 7.11 Å². The van der Waals surface area contributed by atoms with Crippen molar-refractivity contribution in [1.82, 2.24) is 5.32 Å². The minimum absolute atomic E-state index is 0.580. The summed E-state index contributed by atoms with van der Waals surface area (Å²) >= 11 is 0. The molecular weight excluding hydrogens is 380 g/mol. The summed E-state index contributed by atoms with van der Waals surface area (Å²) in [7, 11) is 1.64. The Morgan fingerprint density at radius 3 is 2.63 bits per heavy atom. The molecule has 30 heavy (non-hydrogen) atoms. The molecule has 2 aromatic carbocycles. The van der Waals surface area contributed by atoms with E-state index in [9.17, 15) is 0 Å². The number of benzene rings is 2. The number of nitrogens with one attached hydrogen (secondary N) is 2. The second-order valence-electron chi connectivity index (χ2n) is 6.85. The number of anilines is 2. The number of guanidine groups is 1.